The maximum atomic E-state index is 11.9. The van der Waals surface area contributed by atoms with E-state index in [0.29, 0.717) is 18.7 Å². The maximum Gasteiger partial charge on any atom is 0.262 e. The van der Waals surface area contributed by atoms with E-state index in [-0.39, 0.29) is 12.3 Å². The number of anilines is 1. The Labute approximate surface area is 105 Å². The standard InChI is InChI=1S/C13H16N2O3/c1-8(16)13(18)15-11-4-2-9(7-14)6-10(11)3-5-12(15)17/h2,4,6,8,16H,3,5,7,14H2,1H3. The van der Waals surface area contributed by atoms with Crippen LogP contribution in [0.4, 0.5) is 5.69 Å². The minimum atomic E-state index is -1.19. The Morgan fingerprint density at radius 3 is 2.83 bits per heavy atom. The molecule has 0 aliphatic carbocycles. The van der Waals surface area contributed by atoms with E-state index in [2.05, 4.69) is 0 Å². The van der Waals surface area contributed by atoms with Gasteiger partial charge in [0.25, 0.3) is 5.91 Å². The summed E-state index contributed by atoms with van der Waals surface area (Å²) in [6, 6.07) is 5.42. The normalized spacial score (nSPS) is 16.4. The van der Waals surface area contributed by atoms with Gasteiger partial charge in [-0.25, -0.2) is 4.90 Å². The van der Waals surface area contributed by atoms with Crippen LogP contribution in [0, 0.1) is 0 Å². The van der Waals surface area contributed by atoms with Gasteiger partial charge < -0.3 is 10.8 Å². The number of fused-ring (bicyclic) bond motifs is 1. The van der Waals surface area contributed by atoms with Crippen LogP contribution in [-0.4, -0.2) is 23.0 Å². The molecule has 2 rings (SSSR count). The lowest BCUT2D eigenvalue weighted by Gasteiger charge is -2.29. The highest BCUT2D eigenvalue weighted by atomic mass is 16.3. The summed E-state index contributed by atoms with van der Waals surface area (Å²) in [6.07, 6.45) is -0.306. The predicted molar refractivity (Wildman–Crippen MR) is 66.8 cm³/mol. The fraction of sp³-hybridized carbons (Fsp3) is 0.385. The van der Waals surface area contributed by atoms with Crippen molar-refractivity contribution in [3.63, 3.8) is 0 Å². The summed E-state index contributed by atoms with van der Waals surface area (Å²) < 4.78 is 0. The molecule has 0 aromatic heterocycles. The number of aliphatic hydroxyl groups is 1. The number of carbonyl (C=O) groups excluding carboxylic acids is 2. The second-order valence-corrected chi connectivity index (χ2v) is 4.41. The molecular formula is C13H16N2O3. The lowest BCUT2D eigenvalue weighted by molar-refractivity contribution is -0.131. The van der Waals surface area contributed by atoms with Crippen LogP contribution in [0.3, 0.4) is 0 Å². The third kappa shape index (κ3) is 2.14. The molecule has 1 atom stereocenters. The Kier molecular flexibility index (Phi) is 3.45. The molecule has 0 bridgehead atoms. The number of rotatable bonds is 2. The molecule has 96 valence electrons. The molecule has 2 amide bonds. The number of carbonyl (C=O) groups is 2. The summed E-state index contributed by atoms with van der Waals surface area (Å²) in [5.41, 5.74) is 8.02. The highest BCUT2D eigenvalue weighted by molar-refractivity contribution is 6.17. The number of amides is 2. The third-order valence-electron chi connectivity index (χ3n) is 3.06. The van der Waals surface area contributed by atoms with Crippen LogP contribution >= 0.6 is 0 Å². The first-order valence-corrected chi connectivity index (χ1v) is 5.91. The van der Waals surface area contributed by atoms with Gasteiger partial charge in [0.15, 0.2) is 0 Å². The quantitative estimate of drug-likeness (QED) is 0.790. The molecule has 0 spiro atoms. The largest absolute Gasteiger partial charge is 0.384 e. The average molecular weight is 248 g/mol. The molecule has 18 heavy (non-hydrogen) atoms. The van der Waals surface area contributed by atoms with Crippen LogP contribution in [0.15, 0.2) is 18.2 Å². The number of hydrogen-bond donors (Lipinski definition) is 2. The van der Waals surface area contributed by atoms with Gasteiger partial charge in [-0.1, -0.05) is 12.1 Å². The molecule has 1 aliphatic rings. The number of hydrogen-bond acceptors (Lipinski definition) is 4. The monoisotopic (exact) mass is 248 g/mol. The van der Waals surface area contributed by atoms with Gasteiger partial charge in [-0.3, -0.25) is 9.59 Å². The zero-order valence-electron chi connectivity index (χ0n) is 10.2. The summed E-state index contributed by atoms with van der Waals surface area (Å²) in [5.74, 6) is -0.852. The minimum Gasteiger partial charge on any atom is -0.384 e. The summed E-state index contributed by atoms with van der Waals surface area (Å²) in [4.78, 5) is 24.8. The van der Waals surface area contributed by atoms with E-state index in [9.17, 15) is 14.7 Å². The third-order valence-corrected chi connectivity index (χ3v) is 3.06. The summed E-state index contributed by atoms with van der Waals surface area (Å²) in [6.45, 7) is 1.78. The maximum absolute atomic E-state index is 11.9. The van der Waals surface area contributed by atoms with Crippen LogP contribution in [-0.2, 0) is 22.6 Å². The molecule has 0 saturated heterocycles. The van der Waals surface area contributed by atoms with E-state index in [4.69, 9.17) is 5.73 Å². The number of aryl methyl sites for hydroxylation is 1. The lowest BCUT2D eigenvalue weighted by Crippen LogP contribution is -2.44. The smallest absolute Gasteiger partial charge is 0.262 e. The Morgan fingerprint density at radius 2 is 2.22 bits per heavy atom. The lowest BCUT2D eigenvalue weighted by atomic mass is 9.98. The zero-order chi connectivity index (χ0) is 13.3. The summed E-state index contributed by atoms with van der Waals surface area (Å²) >= 11 is 0. The number of nitrogens with zero attached hydrogens (tertiary/aromatic N) is 1. The number of nitrogens with two attached hydrogens (primary N) is 1. The van der Waals surface area contributed by atoms with Crippen molar-refractivity contribution < 1.29 is 14.7 Å². The second-order valence-electron chi connectivity index (χ2n) is 4.41. The van der Waals surface area contributed by atoms with Crippen molar-refractivity contribution in [3.8, 4) is 0 Å². The number of benzene rings is 1. The highest BCUT2D eigenvalue weighted by Crippen LogP contribution is 2.29. The molecular weight excluding hydrogens is 232 g/mol. The first-order chi connectivity index (χ1) is 8.54. The van der Waals surface area contributed by atoms with E-state index in [1.165, 1.54) is 6.92 Å². The summed E-state index contributed by atoms with van der Waals surface area (Å²) in [7, 11) is 0. The molecule has 0 radical (unpaired) electrons. The van der Waals surface area contributed by atoms with E-state index >= 15 is 0 Å². The molecule has 0 fully saturated rings. The topological polar surface area (TPSA) is 83.6 Å². The predicted octanol–water partition coefficient (Wildman–Crippen LogP) is 0.332. The van der Waals surface area contributed by atoms with Gasteiger partial charge >= 0.3 is 0 Å². The van der Waals surface area contributed by atoms with Crippen molar-refractivity contribution in [2.75, 3.05) is 4.90 Å². The Morgan fingerprint density at radius 1 is 1.50 bits per heavy atom. The number of aliphatic hydroxyl groups excluding tert-OH is 1. The molecule has 1 heterocycles. The van der Waals surface area contributed by atoms with Crippen molar-refractivity contribution in [1.82, 2.24) is 0 Å². The van der Waals surface area contributed by atoms with Crippen LogP contribution < -0.4 is 10.6 Å². The van der Waals surface area contributed by atoms with Gasteiger partial charge in [-0.2, -0.15) is 0 Å². The average Bonchev–Trinajstić information content (AvgIpc) is 2.37. The van der Waals surface area contributed by atoms with Gasteiger partial charge in [0.2, 0.25) is 5.91 Å². The molecule has 3 N–H and O–H groups in total. The SMILES string of the molecule is CC(O)C(=O)N1C(=O)CCc2cc(CN)ccc21. The van der Waals surface area contributed by atoms with Crippen molar-refractivity contribution >= 4 is 17.5 Å². The highest BCUT2D eigenvalue weighted by Gasteiger charge is 2.31. The zero-order valence-corrected chi connectivity index (χ0v) is 10.2. The molecule has 1 aliphatic heterocycles. The van der Waals surface area contributed by atoms with Crippen LogP contribution in [0.2, 0.25) is 0 Å². The Balaban J connectivity index is 2.45. The molecule has 5 heteroatoms. The minimum absolute atomic E-state index is 0.270. The summed E-state index contributed by atoms with van der Waals surface area (Å²) in [5, 5.41) is 9.35. The molecule has 5 nitrogen and oxygen atoms in total. The van der Waals surface area contributed by atoms with Crippen molar-refractivity contribution in [2.45, 2.75) is 32.4 Å². The van der Waals surface area contributed by atoms with Crippen LogP contribution in [0.25, 0.3) is 0 Å². The van der Waals surface area contributed by atoms with Crippen molar-refractivity contribution in [1.29, 1.82) is 0 Å². The second kappa shape index (κ2) is 4.88. The first-order valence-electron chi connectivity index (χ1n) is 5.91. The first kappa shape index (κ1) is 12.7. The molecule has 1 aromatic rings. The van der Waals surface area contributed by atoms with E-state index in [1.54, 1.807) is 12.1 Å². The van der Waals surface area contributed by atoms with Crippen molar-refractivity contribution in [3.05, 3.63) is 29.3 Å². The molecule has 1 aromatic carbocycles. The van der Waals surface area contributed by atoms with Crippen LogP contribution in [0.5, 0.6) is 0 Å². The van der Waals surface area contributed by atoms with Crippen molar-refractivity contribution in [2.24, 2.45) is 5.73 Å². The van der Waals surface area contributed by atoms with Crippen LogP contribution in [0.1, 0.15) is 24.5 Å². The van der Waals surface area contributed by atoms with Gasteiger partial charge in [0, 0.05) is 13.0 Å². The van der Waals surface area contributed by atoms with Gasteiger partial charge in [0.05, 0.1) is 5.69 Å². The van der Waals surface area contributed by atoms with E-state index < -0.39 is 12.0 Å². The van der Waals surface area contributed by atoms with Gasteiger partial charge in [-0.15, -0.1) is 0 Å². The molecule has 1 unspecified atom stereocenters. The van der Waals surface area contributed by atoms with E-state index in [0.717, 1.165) is 16.0 Å². The molecule has 0 saturated carbocycles. The van der Waals surface area contributed by atoms with Gasteiger partial charge in [0.1, 0.15) is 6.10 Å². The Bertz CT molecular complexity index is 497. The number of imide groups is 1. The fourth-order valence-corrected chi connectivity index (χ4v) is 2.10. The fourth-order valence-electron chi connectivity index (χ4n) is 2.10. The van der Waals surface area contributed by atoms with E-state index in [1.807, 2.05) is 6.07 Å². The van der Waals surface area contributed by atoms with Gasteiger partial charge in [-0.05, 0) is 30.5 Å². The Hall–Kier alpha value is -1.72.